The van der Waals surface area contributed by atoms with Crippen LogP contribution in [0.2, 0.25) is 0 Å². The Morgan fingerprint density at radius 2 is 0.698 bits per heavy atom. The Bertz CT molecular complexity index is 2390. The number of benzene rings is 8. The number of rotatable bonds is 10. The minimum Gasteiger partial charge on any atom is -0.491 e. The van der Waals surface area contributed by atoms with E-state index in [1.165, 1.54) is 66.1 Å². The third-order valence-electron chi connectivity index (χ3n) is 10.6. The summed E-state index contributed by atoms with van der Waals surface area (Å²) in [6.07, 6.45) is 0. The molecule has 4 heteroatoms. The van der Waals surface area contributed by atoms with Crippen LogP contribution in [0.5, 0.6) is 11.5 Å². The van der Waals surface area contributed by atoms with E-state index in [4.69, 9.17) is 9.47 Å². The fourth-order valence-electron chi connectivity index (χ4n) is 8.53. The van der Waals surface area contributed by atoms with Gasteiger partial charge in [0.25, 0.3) is 0 Å². The van der Waals surface area contributed by atoms with E-state index in [0.717, 1.165) is 11.1 Å². The second kappa shape index (κ2) is 13.7. The minimum absolute atomic E-state index is 0.0556. The van der Waals surface area contributed by atoms with Crippen LogP contribution in [0.25, 0.3) is 54.9 Å². The van der Waals surface area contributed by atoms with Gasteiger partial charge in [-0.15, -0.1) is 0 Å². The van der Waals surface area contributed by atoms with E-state index in [9.17, 15) is 10.2 Å². The van der Waals surface area contributed by atoms with Crippen LogP contribution in [0.1, 0.15) is 22.3 Å². The molecule has 0 aromatic heterocycles. The molecule has 9 rings (SSSR count). The number of hydrogen-bond donors (Lipinski definition) is 2. The van der Waals surface area contributed by atoms with Crippen molar-refractivity contribution in [1.82, 2.24) is 0 Å². The van der Waals surface area contributed by atoms with Crippen LogP contribution < -0.4 is 9.47 Å². The lowest BCUT2D eigenvalue weighted by molar-refractivity contribution is 0.201. The molecule has 0 atom stereocenters. The Labute approximate surface area is 309 Å². The van der Waals surface area contributed by atoms with E-state index in [1.54, 1.807) is 0 Å². The van der Waals surface area contributed by atoms with Crippen LogP contribution in [0.4, 0.5) is 0 Å². The number of ether oxygens (including phenoxy) is 2. The lowest BCUT2D eigenvalue weighted by Crippen LogP contribution is -2.30. The molecule has 0 unspecified atom stereocenters. The van der Waals surface area contributed by atoms with Gasteiger partial charge in [-0.05, 0) is 101 Å². The molecule has 0 fully saturated rings. The van der Waals surface area contributed by atoms with Gasteiger partial charge in [0.05, 0.1) is 18.6 Å². The van der Waals surface area contributed by atoms with Gasteiger partial charge in [0.15, 0.2) is 0 Å². The summed E-state index contributed by atoms with van der Waals surface area (Å²) >= 11 is 0. The van der Waals surface area contributed by atoms with Crippen LogP contribution in [-0.4, -0.2) is 36.6 Å². The predicted octanol–water partition coefficient (Wildman–Crippen LogP) is 10.4. The lowest BCUT2D eigenvalue weighted by Gasteiger charge is -2.37. The Morgan fingerprint density at radius 1 is 0.358 bits per heavy atom. The maximum absolute atomic E-state index is 9.52. The Balaban J connectivity index is 1.43. The van der Waals surface area contributed by atoms with Gasteiger partial charge >= 0.3 is 0 Å². The molecular weight excluding hydrogens is 653 g/mol. The zero-order valence-electron chi connectivity index (χ0n) is 29.2. The number of fused-ring (bicyclic) bond motifs is 5. The molecule has 8 aromatic rings. The molecule has 0 aliphatic heterocycles. The van der Waals surface area contributed by atoms with Crippen molar-refractivity contribution in [2.24, 2.45) is 0 Å². The van der Waals surface area contributed by atoms with E-state index in [-0.39, 0.29) is 26.4 Å². The van der Waals surface area contributed by atoms with Gasteiger partial charge in [0.2, 0.25) is 0 Å². The topological polar surface area (TPSA) is 58.9 Å². The summed E-state index contributed by atoms with van der Waals surface area (Å²) in [5.74, 6) is 1.41. The normalized spacial score (nSPS) is 12.8. The second-order valence-electron chi connectivity index (χ2n) is 13.5. The first kappa shape index (κ1) is 32.7. The summed E-state index contributed by atoms with van der Waals surface area (Å²) < 4.78 is 11.8. The van der Waals surface area contributed by atoms with Crippen molar-refractivity contribution in [3.05, 3.63) is 192 Å². The smallest absolute Gasteiger partial charge is 0.119 e. The quantitative estimate of drug-likeness (QED) is 0.150. The fraction of sp³-hybridized carbons (Fsp3) is 0.102. The van der Waals surface area contributed by atoms with E-state index < -0.39 is 5.41 Å². The van der Waals surface area contributed by atoms with Crippen molar-refractivity contribution in [3.63, 3.8) is 0 Å². The molecule has 0 radical (unpaired) electrons. The molecule has 0 heterocycles. The molecule has 2 N–H and O–H groups in total. The summed E-state index contributed by atoms with van der Waals surface area (Å²) in [4.78, 5) is 0. The van der Waals surface area contributed by atoms with Crippen molar-refractivity contribution in [2.45, 2.75) is 5.41 Å². The first-order chi connectivity index (χ1) is 26.2. The SMILES string of the molecule is OCCOc1ccc(C2(c3ccc(OCCO)cc3)c3c(cccc3-c3cccc4ccccc34)-c3cccc(-c4cccc5ccccc45)c32)cc1. The Morgan fingerprint density at radius 3 is 1.11 bits per heavy atom. The highest BCUT2D eigenvalue weighted by molar-refractivity contribution is 6.05. The predicted molar refractivity (Wildman–Crippen MR) is 215 cm³/mol. The van der Waals surface area contributed by atoms with Crippen molar-refractivity contribution in [3.8, 4) is 44.9 Å². The monoisotopic (exact) mass is 690 g/mol. The summed E-state index contributed by atoms with van der Waals surface area (Å²) in [5, 5.41) is 23.8. The van der Waals surface area contributed by atoms with Gasteiger partial charge in [0, 0.05) is 0 Å². The highest BCUT2D eigenvalue weighted by Crippen LogP contribution is 2.61. The standard InChI is InChI=1S/C49H38O4/c50-29-31-52-37-25-21-35(22-26-37)49(36-23-27-38(28-24-36)53-32-30-51)47-43(41-15-5-11-33-9-1-3-13-39(33)41)17-7-19-45(47)46-20-8-18-44(48(46)49)42-16-6-12-34-10-2-4-14-40(34)42/h1-28,50-51H,29-32H2. The van der Waals surface area contributed by atoms with Gasteiger partial charge in [-0.25, -0.2) is 0 Å². The van der Waals surface area contributed by atoms with Gasteiger partial charge < -0.3 is 19.7 Å². The number of hydrogen-bond acceptors (Lipinski definition) is 4. The highest BCUT2D eigenvalue weighted by atomic mass is 16.5. The maximum atomic E-state index is 9.52. The van der Waals surface area contributed by atoms with Gasteiger partial charge in [-0.2, -0.15) is 0 Å². The van der Waals surface area contributed by atoms with E-state index in [0.29, 0.717) is 11.5 Å². The van der Waals surface area contributed by atoms with Crippen LogP contribution in [0.15, 0.2) is 170 Å². The molecule has 1 aliphatic carbocycles. The maximum Gasteiger partial charge on any atom is 0.119 e. The molecule has 8 aromatic carbocycles. The second-order valence-corrected chi connectivity index (χ2v) is 13.5. The molecule has 53 heavy (non-hydrogen) atoms. The van der Waals surface area contributed by atoms with Gasteiger partial charge in [-0.1, -0.05) is 146 Å². The van der Waals surface area contributed by atoms with Gasteiger partial charge in [0.1, 0.15) is 24.7 Å². The average Bonchev–Trinajstić information content (AvgIpc) is 3.54. The number of aliphatic hydroxyl groups excluding tert-OH is 2. The first-order valence-corrected chi connectivity index (χ1v) is 18.1. The Kier molecular flexibility index (Phi) is 8.47. The van der Waals surface area contributed by atoms with E-state index in [1.807, 2.05) is 24.3 Å². The Hall–Kier alpha value is -6.20. The van der Waals surface area contributed by atoms with Crippen molar-refractivity contribution in [1.29, 1.82) is 0 Å². The third kappa shape index (κ3) is 5.38. The van der Waals surface area contributed by atoms with Crippen LogP contribution in [0.3, 0.4) is 0 Å². The molecule has 1 aliphatic rings. The molecule has 258 valence electrons. The summed E-state index contributed by atoms with van der Waals surface area (Å²) in [7, 11) is 0. The lowest BCUT2D eigenvalue weighted by atomic mass is 9.64. The third-order valence-corrected chi connectivity index (χ3v) is 10.6. The molecule has 0 bridgehead atoms. The van der Waals surface area contributed by atoms with Crippen molar-refractivity contribution < 1.29 is 19.7 Å². The molecular formula is C49H38O4. The summed E-state index contributed by atoms with van der Waals surface area (Å²) in [6, 6.07) is 60.7. The average molecular weight is 691 g/mol. The van der Waals surface area contributed by atoms with Crippen molar-refractivity contribution >= 4 is 21.5 Å². The fourth-order valence-corrected chi connectivity index (χ4v) is 8.53. The first-order valence-electron chi connectivity index (χ1n) is 18.1. The zero-order chi connectivity index (χ0) is 35.8. The van der Waals surface area contributed by atoms with Gasteiger partial charge in [-0.3, -0.25) is 0 Å². The highest BCUT2D eigenvalue weighted by Gasteiger charge is 2.49. The van der Waals surface area contributed by atoms with Crippen molar-refractivity contribution in [2.75, 3.05) is 26.4 Å². The van der Waals surface area contributed by atoms with Crippen LogP contribution in [-0.2, 0) is 5.41 Å². The molecule has 4 nitrogen and oxygen atoms in total. The van der Waals surface area contributed by atoms with E-state index in [2.05, 4.69) is 146 Å². The summed E-state index contributed by atoms with van der Waals surface area (Å²) in [5.41, 5.74) is 10.9. The summed E-state index contributed by atoms with van der Waals surface area (Å²) in [6.45, 7) is 0.337. The molecule has 0 saturated carbocycles. The zero-order valence-corrected chi connectivity index (χ0v) is 29.2. The van der Waals surface area contributed by atoms with E-state index >= 15 is 0 Å². The molecule has 0 saturated heterocycles. The van der Waals surface area contributed by atoms with Crippen LogP contribution in [0, 0.1) is 0 Å². The molecule has 0 amide bonds. The minimum atomic E-state index is -0.781. The number of aliphatic hydroxyl groups is 2. The largest absolute Gasteiger partial charge is 0.491 e. The molecule has 0 spiro atoms. The van der Waals surface area contributed by atoms with Crippen LogP contribution >= 0.6 is 0 Å².